The van der Waals surface area contributed by atoms with Gasteiger partial charge in [0.2, 0.25) is 5.91 Å². The Morgan fingerprint density at radius 3 is 2.94 bits per heavy atom. The molecule has 2 saturated heterocycles. The summed E-state index contributed by atoms with van der Waals surface area (Å²) < 4.78 is 0. The minimum Gasteiger partial charge on any atom is -0.339 e. The maximum Gasteiger partial charge on any atom is 0.236 e. The second-order valence-corrected chi connectivity index (χ2v) is 5.95. The molecular formula is C12H21BrN2O. The van der Waals surface area contributed by atoms with Crippen molar-refractivity contribution < 1.29 is 4.79 Å². The summed E-state index contributed by atoms with van der Waals surface area (Å²) in [6.45, 7) is 6.21. The number of hydrogen-bond donors (Lipinski definition) is 0. The lowest BCUT2D eigenvalue weighted by molar-refractivity contribution is -0.134. The fourth-order valence-corrected chi connectivity index (χ4v) is 3.02. The average Bonchev–Trinajstić information content (AvgIpc) is 2.36. The van der Waals surface area contributed by atoms with Gasteiger partial charge in [0, 0.05) is 25.7 Å². The van der Waals surface area contributed by atoms with Crippen molar-refractivity contribution in [2.24, 2.45) is 0 Å². The quantitative estimate of drug-likeness (QED) is 0.724. The Kier molecular flexibility index (Phi) is 4.25. The van der Waals surface area contributed by atoms with Crippen LogP contribution < -0.4 is 0 Å². The van der Waals surface area contributed by atoms with E-state index in [9.17, 15) is 4.79 Å². The van der Waals surface area contributed by atoms with Crippen molar-refractivity contribution in [1.29, 1.82) is 0 Å². The van der Waals surface area contributed by atoms with Gasteiger partial charge >= 0.3 is 0 Å². The van der Waals surface area contributed by atoms with Gasteiger partial charge < -0.3 is 4.90 Å². The van der Waals surface area contributed by atoms with Gasteiger partial charge in [0.25, 0.3) is 0 Å². The first-order valence-corrected chi connectivity index (χ1v) is 7.31. The summed E-state index contributed by atoms with van der Waals surface area (Å²) in [5, 5.41) is 0. The molecule has 2 aliphatic heterocycles. The van der Waals surface area contributed by atoms with Gasteiger partial charge in [-0.25, -0.2) is 0 Å². The second kappa shape index (κ2) is 5.50. The third kappa shape index (κ3) is 2.59. The SMILES string of the molecule is CCC(Br)C(=O)N1CCN2CCCCC2C1. The normalized spacial score (nSPS) is 28.6. The number of nitrogens with zero attached hydrogens (tertiary/aromatic N) is 2. The molecule has 1 amide bonds. The molecule has 0 saturated carbocycles. The van der Waals surface area contributed by atoms with E-state index < -0.39 is 0 Å². The van der Waals surface area contributed by atoms with Crippen molar-refractivity contribution in [2.45, 2.75) is 43.5 Å². The Bertz CT molecular complexity index is 259. The molecule has 2 unspecified atom stereocenters. The molecule has 0 spiro atoms. The third-order valence-corrected chi connectivity index (χ3v) is 4.81. The van der Waals surface area contributed by atoms with Crippen LogP contribution in [0.15, 0.2) is 0 Å². The van der Waals surface area contributed by atoms with E-state index in [2.05, 4.69) is 25.7 Å². The summed E-state index contributed by atoms with van der Waals surface area (Å²) in [4.78, 5) is 16.7. The second-order valence-electron chi connectivity index (χ2n) is 4.85. The van der Waals surface area contributed by atoms with Gasteiger partial charge in [0.1, 0.15) is 0 Å². The molecule has 2 aliphatic rings. The predicted molar refractivity (Wildman–Crippen MR) is 68.8 cm³/mol. The van der Waals surface area contributed by atoms with E-state index in [-0.39, 0.29) is 10.7 Å². The van der Waals surface area contributed by atoms with Crippen molar-refractivity contribution >= 4 is 21.8 Å². The molecule has 2 heterocycles. The highest BCUT2D eigenvalue weighted by Gasteiger charge is 2.32. The van der Waals surface area contributed by atoms with Crippen LogP contribution >= 0.6 is 15.9 Å². The van der Waals surface area contributed by atoms with Gasteiger partial charge in [0.15, 0.2) is 0 Å². The Morgan fingerprint density at radius 2 is 2.19 bits per heavy atom. The summed E-state index contributed by atoms with van der Waals surface area (Å²) in [6.07, 6.45) is 4.81. The molecule has 2 atom stereocenters. The third-order valence-electron chi connectivity index (χ3n) is 3.78. The standard InChI is InChI=1S/C12H21BrN2O/c1-2-11(13)12(16)15-8-7-14-6-4-3-5-10(14)9-15/h10-11H,2-9H2,1H3. The van der Waals surface area contributed by atoms with Crippen LogP contribution in [-0.2, 0) is 4.79 Å². The monoisotopic (exact) mass is 288 g/mol. The minimum absolute atomic E-state index is 0.0163. The summed E-state index contributed by atoms with van der Waals surface area (Å²) >= 11 is 3.46. The van der Waals surface area contributed by atoms with E-state index in [1.54, 1.807) is 0 Å². The molecule has 0 aromatic rings. The first-order valence-electron chi connectivity index (χ1n) is 6.39. The lowest BCUT2D eigenvalue weighted by atomic mass is 9.99. The average molecular weight is 289 g/mol. The Labute approximate surface area is 106 Å². The molecule has 0 N–H and O–H groups in total. The number of alkyl halides is 1. The molecule has 4 heteroatoms. The van der Waals surface area contributed by atoms with Crippen molar-refractivity contribution in [3.8, 4) is 0 Å². The summed E-state index contributed by atoms with van der Waals surface area (Å²) in [6, 6.07) is 0.628. The van der Waals surface area contributed by atoms with Gasteiger partial charge in [0.05, 0.1) is 4.83 Å². The van der Waals surface area contributed by atoms with E-state index in [1.165, 1.54) is 25.8 Å². The predicted octanol–water partition coefficient (Wildman–Crippen LogP) is 1.86. The number of piperidine rings is 1. The van der Waals surface area contributed by atoms with Crippen molar-refractivity contribution in [3.63, 3.8) is 0 Å². The Morgan fingerprint density at radius 1 is 1.38 bits per heavy atom. The van der Waals surface area contributed by atoms with Crippen LogP contribution in [0.4, 0.5) is 0 Å². The lowest BCUT2D eigenvalue weighted by Gasteiger charge is -2.44. The van der Waals surface area contributed by atoms with Gasteiger partial charge in [-0.2, -0.15) is 0 Å². The number of amides is 1. The molecule has 0 radical (unpaired) electrons. The van der Waals surface area contributed by atoms with Gasteiger partial charge in [-0.05, 0) is 25.8 Å². The van der Waals surface area contributed by atoms with Crippen LogP contribution in [-0.4, -0.2) is 52.8 Å². The Hall–Kier alpha value is -0.0900. The molecule has 0 aromatic carbocycles. The van der Waals surface area contributed by atoms with E-state index in [0.29, 0.717) is 6.04 Å². The zero-order valence-corrected chi connectivity index (χ0v) is 11.6. The molecule has 16 heavy (non-hydrogen) atoms. The molecule has 0 bridgehead atoms. The smallest absolute Gasteiger partial charge is 0.236 e. The summed E-state index contributed by atoms with van der Waals surface area (Å²) in [5.74, 6) is 0.285. The minimum atomic E-state index is 0.0163. The fourth-order valence-electron chi connectivity index (χ4n) is 2.73. The highest BCUT2D eigenvalue weighted by molar-refractivity contribution is 9.10. The van der Waals surface area contributed by atoms with Crippen molar-refractivity contribution in [1.82, 2.24) is 9.80 Å². The number of carbonyl (C=O) groups is 1. The number of rotatable bonds is 2. The zero-order chi connectivity index (χ0) is 11.5. The topological polar surface area (TPSA) is 23.6 Å². The maximum absolute atomic E-state index is 12.1. The Balaban J connectivity index is 1.92. The largest absolute Gasteiger partial charge is 0.339 e. The number of fused-ring (bicyclic) bond motifs is 1. The van der Waals surface area contributed by atoms with E-state index >= 15 is 0 Å². The molecule has 0 aliphatic carbocycles. The summed E-state index contributed by atoms with van der Waals surface area (Å²) in [7, 11) is 0. The first kappa shape index (κ1) is 12.4. The van der Waals surface area contributed by atoms with Crippen LogP contribution in [0.25, 0.3) is 0 Å². The van der Waals surface area contributed by atoms with Crippen LogP contribution in [0.5, 0.6) is 0 Å². The number of piperazine rings is 1. The summed E-state index contributed by atoms with van der Waals surface area (Å²) in [5.41, 5.74) is 0. The molecule has 2 rings (SSSR count). The lowest BCUT2D eigenvalue weighted by Crippen LogP contribution is -2.57. The molecule has 3 nitrogen and oxygen atoms in total. The highest BCUT2D eigenvalue weighted by atomic mass is 79.9. The zero-order valence-electron chi connectivity index (χ0n) is 9.99. The number of halogens is 1. The van der Waals surface area contributed by atoms with Crippen molar-refractivity contribution in [2.75, 3.05) is 26.2 Å². The molecule has 0 aromatic heterocycles. The van der Waals surface area contributed by atoms with Crippen LogP contribution in [0, 0.1) is 0 Å². The van der Waals surface area contributed by atoms with E-state index in [1.807, 2.05) is 6.92 Å². The molecule has 2 fully saturated rings. The maximum atomic E-state index is 12.1. The van der Waals surface area contributed by atoms with E-state index in [0.717, 1.165) is 26.1 Å². The van der Waals surface area contributed by atoms with Crippen LogP contribution in [0.3, 0.4) is 0 Å². The van der Waals surface area contributed by atoms with Gasteiger partial charge in [-0.3, -0.25) is 9.69 Å². The number of hydrogen-bond acceptors (Lipinski definition) is 2. The van der Waals surface area contributed by atoms with Crippen molar-refractivity contribution in [3.05, 3.63) is 0 Å². The van der Waals surface area contributed by atoms with Crippen LogP contribution in [0.1, 0.15) is 32.6 Å². The highest BCUT2D eigenvalue weighted by Crippen LogP contribution is 2.22. The van der Waals surface area contributed by atoms with E-state index in [4.69, 9.17) is 0 Å². The van der Waals surface area contributed by atoms with Gasteiger partial charge in [-0.15, -0.1) is 0 Å². The van der Waals surface area contributed by atoms with Crippen LogP contribution in [0.2, 0.25) is 0 Å². The first-order chi connectivity index (χ1) is 7.72. The fraction of sp³-hybridized carbons (Fsp3) is 0.917. The number of carbonyl (C=O) groups excluding carboxylic acids is 1. The molecular weight excluding hydrogens is 268 g/mol. The van der Waals surface area contributed by atoms with Gasteiger partial charge in [-0.1, -0.05) is 29.3 Å². The molecule has 92 valence electrons.